The van der Waals surface area contributed by atoms with Crippen LogP contribution < -0.4 is 11.1 Å². The third kappa shape index (κ3) is 3.70. The van der Waals surface area contributed by atoms with Crippen molar-refractivity contribution >= 4 is 5.91 Å². The number of carbonyl (C=O) groups excluding carboxylic acids is 1. The van der Waals surface area contributed by atoms with Crippen LogP contribution >= 0.6 is 0 Å². The number of amides is 1. The van der Waals surface area contributed by atoms with Gasteiger partial charge in [-0.1, -0.05) is 19.8 Å². The second kappa shape index (κ2) is 6.33. The van der Waals surface area contributed by atoms with Gasteiger partial charge in [-0.25, -0.2) is 0 Å². The Hall–Kier alpha value is -1.29. The fourth-order valence-electron chi connectivity index (χ4n) is 1.48. The van der Waals surface area contributed by atoms with E-state index >= 15 is 0 Å². The first-order valence-electron chi connectivity index (χ1n) is 5.74. The summed E-state index contributed by atoms with van der Waals surface area (Å²) in [7, 11) is 0. The lowest BCUT2D eigenvalue weighted by Gasteiger charge is -2.15. The highest BCUT2D eigenvalue weighted by molar-refractivity contribution is 5.81. The van der Waals surface area contributed by atoms with Crippen LogP contribution in [0.25, 0.3) is 0 Å². The molecule has 0 aliphatic carbocycles. The maximum atomic E-state index is 11.7. The van der Waals surface area contributed by atoms with E-state index in [9.17, 15) is 4.79 Å². The summed E-state index contributed by atoms with van der Waals surface area (Å²) in [6.07, 6.45) is 4.35. The maximum absolute atomic E-state index is 11.7. The summed E-state index contributed by atoms with van der Waals surface area (Å²) >= 11 is 0. The fraction of sp³-hybridized carbons (Fsp3) is 0.583. The third-order valence-electron chi connectivity index (χ3n) is 2.53. The largest absolute Gasteiger partial charge is 0.467 e. The highest BCUT2D eigenvalue weighted by Crippen LogP contribution is 2.12. The predicted molar refractivity (Wildman–Crippen MR) is 62.8 cm³/mol. The number of hydrogen-bond donors (Lipinski definition) is 2. The lowest BCUT2D eigenvalue weighted by molar-refractivity contribution is -0.123. The smallest absolute Gasteiger partial charge is 0.237 e. The summed E-state index contributed by atoms with van der Waals surface area (Å²) < 4.78 is 5.20. The van der Waals surface area contributed by atoms with E-state index in [-0.39, 0.29) is 11.9 Å². The molecule has 4 heteroatoms. The first-order chi connectivity index (χ1) is 7.65. The van der Waals surface area contributed by atoms with Crippen molar-refractivity contribution in [2.45, 2.75) is 45.2 Å². The minimum atomic E-state index is -0.419. The number of nitrogens with two attached hydrogens (primary N) is 1. The van der Waals surface area contributed by atoms with Crippen molar-refractivity contribution in [1.29, 1.82) is 0 Å². The third-order valence-corrected chi connectivity index (χ3v) is 2.53. The molecule has 0 bridgehead atoms. The SMILES string of the molecule is CCCC[C@H](N)C(=O)N[C@H](C)c1ccco1. The van der Waals surface area contributed by atoms with E-state index in [1.165, 1.54) is 0 Å². The summed E-state index contributed by atoms with van der Waals surface area (Å²) in [6, 6.07) is 3.09. The van der Waals surface area contributed by atoms with Crippen LogP contribution in [-0.4, -0.2) is 11.9 Å². The van der Waals surface area contributed by atoms with Gasteiger partial charge >= 0.3 is 0 Å². The molecule has 90 valence electrons. The lowest BCUT2D eigenvalue weighted by Crippen LogP contribution is -2.41. The summed E-state index contributed by atoms with van der Waals surface area (Å²) in [4.78, 5) is 11.7. The van der Waals surface area contributed by atoms with Crippen molar-refractivity contribution in [3.8, 4) is 0 Å². The molecule has 3 N–H and O–H groups in total. The lowest BCUT2D eigenvalue weighted by atomic mass is 10.1. The molecule has 1 amide bonds. The van der Waals surface area contributed by atoms with Crippen molar-refractivity contribution in [2.75, 3.05) is 0 Å². The second-order valence-corrected chi connectivity index (χ2v) is 3.99. The Morgan fingerprint density at radius 3 is 2.94 bits per heavy atom. The molecule has 0 fully saturated rings. The molecule has 16 heavy (non-hydrogen) atoms. The number of unbranched alkanes of at least 4 members (excludes halogenated alkanes) is 1. The molecule has 1 rings (SSSR count). The Morgan fingerprint density at radius 2 is 2.38 bits per heavy atom. The van der Waals surface area contributed by atoms with Gasteiger partial charge in [-0.15, -0.1) is 0 Å². The van der Waals surface area contributed by atoms with Crippen molar-refractivity contribution < 1.29 is 9.21 Å². The van der Waals surface area contributed by atoms with Crippen LogP contribution in [0.1, 0.15) is 44.9 Å². The van der Waals surface area contributed by atoms with E-state index in [0.29, 0.717) is 0 Å². The first kappa shape index (κ1) is 12.8. The molecular weight excluding hydrogens is 204 g/mol. The fourth-order valence-corrected chi connectivity index (χ4v) is 1.48. The van der Waals surface area contributed by atoms with Gasteiger partial charge in [0.2, 0.25) is 5.91 Å². The minimum Gasteiger partial charge on any atom is -0.467 e. The normalized spacial score (nSPS) is 14.4. The number of rotatable bonds is 6. The molecule has 0 radical (unpaired) electrons. The monoisotopic (exact) mass is 224 g/mol. The van der Waals surface area contributed by atoms with Gasteiger partial charge in [0.05, 0.1) is 18.3 Å². The van der Waals surface area contributed by atoms with E-state index in [4.69, 9.17) is 10.2 Å². The van der Waals surface area contributed by atoms with Crippen molar-refractivity contribution in [3.63, 3.8) is 0 Å². The van der Waals surface area contributed by atoms with Crippen LogP contribution in [0.2, 0.25) is 0 Å². The van der Waals surface area contributed by atoms with Crippen LogP contribution in [0.5, 0.6) is 0 Å². The number of carbonyl (C=O) groups is 1. The standard InChI is InChI=1S/C12H20N2O2/c1-3-4-6-10(13)12(15)14-9(2)11-7-5-8-16-11/h5,7-10H,3-4,6,13H2,1-2H3,(H,14,15)/t9-,10+/m1/s1. The molecule has 2 atom stereocenters. The zero-order chi connectivity index (χ0) is 12.0. The molecule has 0 aliphatic heterocycles. The van der Waals surface area contributed by atoms with Crippen LogP contribution in [-0.2, 0) is 4.79 Å². The number of hydrogen-bond acceptors (Lipinski definition) is 3. The van der Waals surface area contributed by atoms with Gasteiger partial charge < -0.3 is 15.5 Å². The molecule has 0 saturated carbocycles. The van der Waals surface area contributed by atoms with Crippen LogP contribution in [0.4, 0.5) is 0 Å². The van der Waals surface area contributed by atoms with Gasteiger partial charge in [-0.3, -0.25) is 4.79 Å². The van der Waals surface area contributed by atoms with Gasteiger partial charge in [0.1, 0.15) is 5.76 Å². The Kier molecular flexibility index (Phi) is 5.05. The van der Waals surface area contributed by atoms with E-state index < -0.39 is 6.04 Å². The summed E-state index contributed by atoms with van der Waals surface area (Å²) in [5.74, 6) is 0.633. The van der Waals surface area contributed by atoms with Gasteiger partial charge in [0.15, 0.2) is 0 Å². The second-order valence-electron chi connectivity index (χ2n) is 3.99. The number of nitrogens with one attached hydrogen (secondary N) is 1. The van der Waals surface area contributed by atoms with Crippen molar-refractivity contribution in [1.82, 2.24) is 5.32 Å². The van der Waals surface area contributed by atoms with Crippen molar-refractivity contribution in [2.24, 2.45) is 5.73 Å². The minimum absolute atomic E-state index is 0.114. The highest BCUT2D eigenvalue weighted by Gasteiger charge is 2.17. The van der Waals surface area contributed by atoms with Gasteiger partial charge in [0, 0.05) is 0 Å². The van der Waals surface area contributed by atoms with Crippen molar-refractivity contribution in [3.05, 3.63) is 24.2 Å². The van der Waals surface area contributed by atoms with Gasteiger partial charge in [-0.2, -0.15) is 0 Å². The topological polar surface area (TPSA) is 68.3 Å². The summed E-state index contributed by atoms with van der Waals surface area (Å²) in [5, 5.41) is 2.83. The average Bonchev–Trinajstić information content (AvgIpc) is 2.79. The molecule has 0 unspecified atom stereocenters. The zero-order valence-corrected chi connectivity index (χ0v) is 9.90. The highest BCUT2D eigenvalue weighted by atomic mass is 16.3. The molecule has 0 saturated heterocycles. The summed E-state index contributed by atoms with van der Waals surface area (Å²) in [6.45, 7) is 3.96. The quantitative estimate of drug-likeness (QED) is 0.776. The molecule has 0 aliphatic rings. The Balaban J connectivity index is 2.39. The zero-order valence-electron chi connectivity index (χ0n) is 9.90. The average molecular weight is 224 g/mol. The summed E-state index contributed by atoms with van der Waals surface area (Å²) in [5.41, 5.74) is 5.76. The van der Waals surface area contributed by atoms with Gasteiger partial charge in [0.25, 0.3) is 0 Å². The Morgan fingerprint density at radius 1 is 1.62 bits per heavy atom. The van der Waals surface area contributed by atoms with E-state index in [1.54, 1.807) is 12.3 Å². The van der Waals surface area contributed by atoms with E-state index in [1.807, 2.05) is 13.0 Å². The Bertz CT molecular complexity index is 309. The van der Waals surface area contributed by atoms with Gasteiger partial charge in [-0.05, 0) is 25.5 Å². The molecule has 0 aromatic carbocycles. The molecule has 4 nitrogen and oxygen atoms in total. The van der Waals surface area contributed by atoms with E-state index in [2.05, 4.69) is 12.2 Å². The maximum Gasteiger partial charge on any atom is 0.237 e. The number of furan rings is 1. The van der Waals surface area contributed by atoms with Crippen LogP contribution in [0.3, 0.4) is 0 Å². The molecule has 1 aromatic heterocycles. The molecule has 1 heterocycles. The first-order valence-corrected chi connectivity index (χ1v) is 5.74. The molecular formula is C12H20N2O2. The molecule has 1 aromatic rings. The molecule has 0 spiro atoms. The van der Waals surface area contributed by atoms with Crippen LogP contribution in [0, 0.1) is 0 Å². The van der Waals surface area contributed by atoms with E-state index in [0.717, 1.165) is 25.0 Å². The predicted octanol–water partition coefficient (Wildman–Crippen LogP) is 1.97. The van der Waals surface area contributed by atoms with Crippen LogP contribution in [0.15, 0.2) is 22.8 Å². The Labute approximate surface area is 96.2 Å².